The maximum Gasteiger partial charge on any atom is 0.410 e. The average Bonchev–Trinajstić information content (AvgIpc) is 2.72. The van der Waals surface area contributed by atoms with Crippen molar-refractivity contribution < 1.29 is 14.6 Å². The molecule has 7 nitrogen and oxygen atoms in total. The van der Waals surface area contributed by atoms with Crippen LogP contribution >= 0.6 is 11.6 Å². The van der Waals surface area contributed by atoms with E-state index in [1.165, 1.54) is 11.1 Å². The zero-order valence-corrected chi connectivity index (χ0v) is 15.1. The van der Waals surface area contributed by atoms with Crippen LogP contribution in [0.25, 0.3) is 0 Å². The lowest BCUT2D eigenvalue weighted by molar-refractivity contribution is -0.108. The summed E-state index contributed by atoms with van der Waals surface area (Å²) < 4.78 is 7.01. The number of hydrogen-bond donors (Lipinski definition) is 1. The summed E-state index contributed by atoms with van der Waals surface area (Å²) in [5.41, 5.74) is -1.19. The van der Waals surface area contributed by atoms with Crippen molar-refractivity contribution in [3.63, 3.8) is 0 Å². The topological polar surface area (TPSA) is 70.8 Å². The van der Waals surface area contributed by atoms with Crippen molar-refractivity contribution in [3.05, 3.63) is 16.9 Å². The molecule has 0 radical (unpaired) electrons. The lowest BCUT2D eigenvalue weighted by atomic mass is 9.90. The summed E-state index contributed by atoms with van der Waals surface area (Å²) >= 11 is 6.20. The summed E-state index contributed by atoms with van der Waals surface area (Å²) in [6, 6.07) is 0. The van der Waals surface area contributed by atoms with Crippen molar-refractivity contribution in [1.82, 2.24) is 19.6 Å². The Morgan fingerprint density at radius 2 is 2.09 bits per heavy atom. The van der Waals surface area contributed by atoms with Crippen LogP contribution in [0.2, 0.25) is 5.02 Å². The second-order valence-electron chi connectivity index (χ2n) is 7.24. The number of rotatable bonds is 4. The highest BCUT2D eigenvalue weighted by Gasteiger charge is 2.49. The number of ether oxygens (including phenoxy) is 1. The van der Waals surface area contributed by atoms with Crippen LogP contribution in [0.15, 0.2) is 6.20 Å². The molecule has 0 aromatic carbocycles. The SMILES string of the molecule is CN(C)CCn1ncc(Cl)c1C1(O)CN(C(=O)OC(C)(C)C)C1. The molecule has 2 rings (SSSR count). The van der Waals surface area contributed by atoms with E-state index in [1.807, 2.05) is 39.8 Å². The molecule has 0 saturated carbocycles. The van der Waals surface area contributed by atoms with Gasteiger partial charge in [-0.05, 0) is 34.9 Å². The van der Waals surface area contributed by atoms with Crippen LogP contribution in [0.3, 0.4) is 0 Å². The van der Waals surface area contributed by atoms with E-state index in [0.29, 0.717) is 17.3 Å². The van der Waals surface area contributed by atoms with Crippen LogP contribution in [-0.2, 0) is 16.9 Å². The van der Waals surface area contributed by atoms with E-state index in [-0.39, 0.29) is 13.1 Å². The van der Waals surface area contributed by atoms with Gasteiger partial charge in [-0.3, -0.25) is 4.68 Å². The molecule has 1 aromatic heterocycles. The van der Waals surface area contributed by atoms with Gasteiger partial charge in [0.25, 0.3) is 0 Å². The van der Waals surface area contributed by atoms with Crippen LogP contribution in [0.5, 0.6) is 0 Å². The molecule has 1 aromatic rings. The van der Waals surface area contributed by atoms with E-state index in [2.05, 4.69) is 5.10 Å². The Morgan fingerprint density at radius 1 is 1.48 bits per heavy atom. The minimum absolute atomic E-state index is 0.148. The molecule has 1 fully saturated rings. The van der Waals surface area contributed by atoms with E-state index in [0.717, 1.165) is 6.54 Å². The molecular formula is C15H25ClN4O3. The number of aromatic nitrogens is 2. The highest BCUT2D eigenvalue weighted by Crippen LogP contribution is 2.36. The number of likely N-dealkylation sites (N-methyl/N-ethyl adjacent to an activating group) is 1. The molecule has 0 aliphatic carbocycles. The second-order valence-corrected chi connectivity index (χ2v) is 7.64. The zero-order valence-electron chi connectivity index (χ0n) is 14.3. The van der Waals surface area contributed by atoms with E-state index in [4.69, 9.17) is 16.3 Å². The summed E-state index contributed by atoms with van der Waals surface area (Å²) in [7, 11) is 3.93. The zero-order chi connectivity index (χ0) is 17.4. The third-order valence-corrected chi connectivity index (χ3v) is 3.83. The first-order valence-electron chi connectivity index (χ1n) is 7.59. The Kier molecular flexibility index (Phi) is 4.94. The fraction of sp³-hybridized carbons (Fsp3) is 0.733. The molecule has 1 aliphatic rings. The van der Waals surface area contributed by atoms with Crippen LogP contribution in [0.1, 0.15) is 26.5 Å². The fourth-order valence-electron chi connectivity index (χ4n) is 2.48. The van der Waals surface area contributed by atoms with Crippen molar-refractivity contribution in [2.24, 2.45) is 0 Å². The van der Waals surface area contributed by atoms with Gasteiger partial charge in [-0.1, -0.05) is 11.6 Å². The predicted molar refractivity (Wildman–Crippen MR) is 87.5 cm³/mol. The third kappa shape index (κ3) is 4.16. The van der Waals surface area contributed by atoms with Crippen LogP contribution < -0.4 is 0 Å². The summed E-state index contributed by atoms with van der Waals surface area (Å²) in [6.45, 7) is 7.11. The molecular weight excluding hydrogens is 320 g/mol. The standard InChI is InChI=1S/C15H25ClN4O3/c1-14(2,3)23-13(21)19-9-15(22,10-19)12-11(16)8-17-20(12)7-6-18(4)5/h8,22H,6-7,9-10H2,1-5H3. The smallest absolute Gasteiger partial charge is 0.410 e. The summed E-state index contributed by atoms with van der Waals surface area (Å²) in [5.74, 6) is 0. The Hall–Kier alpha value is -1.31. The first-order chi connectivity index (χ1) is 10.5. The van der Waals surface area contributed by atoms with Crippen LogP contribution in [0, 0.1) is 0 Å². The summed E-state index contributed by atoms with van der Waals surface area (Å²) in [4.78, 5) is 15.5. The van der Waals surface area contributed by atoms with Crippen molar-refractivity contribution in [2.75, 3.05) is 33.7 Å². The largest absolute Gasteiger partial charge is 0.444 e. The number of halogens is 1. The number of aliphatic hydroxyl groups is 1. The Balaban J connectivity index is 2.06. The fourth-order valence-corrected chi connectivity index (χ4v) is 2.80. The molecule has 1 aliphatic heterocycles. The van der Waals surface area contributed by atoms with Crippen molar-refractivity contribution in [2.45, 2.75) is 38.5 Å². The second kappa shape index (κ2) is 6.30. The van der Waals surface area contributed by atoms with Gasteiger partial charge in [0.1, 0.15) is 11.2 Å². The van der Waals surface area contributed by atoms with Crippen molar-refractivity contribution in [1.29, 1.82) is 0 Å². The Labute approximate surface area is 141 Å². The molecule has 0 spiro atoms. The van der Waals surface area contributed by atoms with Gasteiger partial charge in [0.2, 0.25) is 0 Å². The molecule has 2 heterocycles. The molecule has 130 valence electrons. The first-order valence-corrected chi connectivity index (χ1v) is 7.96. The maximum atomic E-state index is 12.0. The average molecular weight is 345 g/mol. The third-order valence-electron chi connectivity index (χ3n) is 3.55. The molecule has 0 atom stereocenters. The normalized spacial score (nSPS) is 17.3. The summed E-state index contributed by atoms with van der Waals surface area (Å²) in [6.07, 6.45) is 1.10. The van der Waals surface area contributed by atoms with Crippen molar-refractivity contribution in [3.8, 4) is 0 Å². The van der Waals surface area contributed by atoms with E-state index < -0.39 is 17.3 Å². The Bertz CT molecular complexity index is 574. The van der Waals surface area contributed by atoms with E-state index >= 15 is 0 Å². The highest BCUT2D eigenvalue weighted by atomic mass is 35.5. The monoisotopic (exact) mass is 344 g/mol. The van der Waals surface area contributed by atoms with Crippen LogP contribution in [0.4, 0.5) is 4.79 Å². The van der Waals surface area contributed by atoms with E-state index in [9.17, 15) is 9.90 Å². The molecule has 1 amide bonds. The van der Waals surface area contributed by atoms with Gasteiger partial charge in [-0.15, -0.1) is 0 Å². The number of amides is 1. The number of hydrogen-bond acceptors (Lipinski definition) is 5. The van der Waals surface area contributed by atoms with Gasteiger partial charge in [0.15, 0.2) is 0 Å². The number of carbonyl (C=O) groups is 1. The molecule has 23 heavy (non-hydrogen) atoms. The van der Waals surface area contributed by atoms with Crippen molar-refractivity contribution >= 4 is 17.7 Å². The van der Waals surface area contributed by atoms with Gasteiger partial charge >= 0.3 is 6.09 Å². The minimum atomic E-state index is -1.18. The van der Waals surface area contributed by atoms with Gasteiger partial charge in [-0.25, -0.2) is 4.79 Å². The highest BCUT2D eigenvalue weighted by molar-refractivity contribution is 6.31. The Morgan fingerprint density at radius 3 is 2.61 bits per heavy atom. The summed E-state index contributed by atoms with van der Waals surface area (Å²) in [5, 5.41) is 15.4. The van der Waals surface area contributed by atoms with Crippen LogP contribution in [-0.4, -0.2) is 70.1 Å². The minimum Gasteiger partial charge on any atom is -0.444 e. The van der Waals surface area contributed by atoms with E-state index in [1.54, 1.807) is 4.68 Å². The number of carbonyl (C=O) groups excluding carboxylic acids is 1. The molecule has 8 heteroatoms. The van der Waals surface area contributed by atoms with Gasteiger partial charge in [0.05, 0.1) is 36.5 Å². The molecule has 0 bridgehead atoms. The lowest BCUT2D eigenvalue weighted by Crippen LogP contribution is -2.62. The number of nitrogens with zero attached hydrogens (tertiary/aromatic N) is 4. The van der Waals surface area contributed by atoms with Gasteiger partial charge in [-0.2, -0.15) is 5.10 Å². The number of β-amino-alcohol motifs (C(OH)–C–C–N with tert-alkyl or cyclic N) is 1. The molecule has 1 N–H and O–H groups in total. The lowest BCUT2D eigenvalue weighted by Gasteiger charge is -2.46. The van der Waals surface area contributed by atoms with Gasteiger partial charge in [0, 0.05) is 6.54 Å². The number of likely N-dealkylation sites (tertiary alicyclic amines) is 1. The maximum absolute atomic E-state index is 12.0. The van der Waals surface area contributed by atoms with Gasteiger partial charge < -0.3 is 19.6 Å². The predicted octanol–water partition coefficient (Wildman–Crippen LogP) is 1.54. The first kappa shape index (κ1) is 18.0. The molecule has 0 unspecified atom stereocenters. The molecule has 1 saturated heterocycles. The quantitative estimate of drug-likeness (QED) is 0.897.